The van der Waals surface area contributed by atoms with Gasteiger partial charge in [0.1, 0.15) is 11.9 Å². The zero-order valence-corrected chi connectivity index (χ0v) is 18.8. The Hall–Kier alpha value is -2.45. The van der Waals surface area contributed by atoms with Gasteiger partial charge in [-0.1, -0.05) is 34.1 Å². The monoisotopic (exact) mass is 473 g/mol. The van der Waals surface area contributed by atoms with E-state index in [9.17, 15) is 9.59 Å². The van der Waals surface area contributed by atoms with Gasteiger partial charge in [-0.3, -0.25) is 9.59 Å². The highest BCUT2D eigenvalue weighted by atomic mass is 79.9. The van der Waals surface area contributed by atoms with Crippen molar-refractivity contribution in [3.63, 3.8) is 0 Å². The Balaban J connectivity index is 1.45. The van der Waals surface area contributed by atoms with Crippen LogP contribution in [0.5, 0.6) is 0 Å². The fourth-order valence-corrected chi connectivity index (χ4v) is 4.12. The molecule has 1 aromatic carbocycles. The molecular formula is C22H28BrN5O2. The first-order valence-electron chi connectivity index (χ1n) is 10.1. The van der Waals surface area contributed by atoms with E-state index in [4.69, 9.17) is 5.73 Å². The molecular weight excluding hydrogens is 446 g/mol. The zero-order chi connectivity index (χ0) is 21.7. The van der Waals surface area contributed by atoms with Gasteiger partial charge in [0.15, 0.2) is 0 Å². The molecule has 30 heavy (non-hydrogen) atoms. The molecule has 7 nitrogen and oxygen atoms in total. The van der Waals surface area contributed by atoms with E-state index >= 15 is 0 Å². The number of nitrogens with zero attached hydrogens (tertiary/aromatic N) is 1. The molecule has 0 bridgehead atoms. The van der Waals surface area contributed by atoms with Gasteiger partial charge in [-0.15, -0.1) is 0 Å². The lowest BCUT2D eigenvalue weighted by Crippen LogP contribution is -2.50. The standard InChI is InChI=1S/C22H28BrN5O2/c1-13-17(6-7-20(24)27-13)12-26-21(29)14(2)28-22(30)19-10-16(11-25-19)8-15-4-3-5-18(23)9-15/h3-7,9,14,16,19,25H,8,10-12H2,1-2H3,(H2,24,27)(H,26,29)(H,28,30)/t14-,16-,19+/m0/s1. The van der Waals surface area contributed by atoms with Crippen LogP contribution in [0.1, 0.15) is 30.2 Å². The second kappa shape index (κ2) is 10.0. The predicted octanol–water partition coefficient (Wildman–Crippen LogP) is 2.08. The van der Waals surface area contributed by atoms with Crippen molar-refractivity contribution >= 4 is 33.6 Å². The molecule has 1 fully saturated rings. The molecule has 8 heteroatoms. The first kappa shape index (κ1) is 22.2. The van der Waals surface area contributed by atoms with Gasteiger partial charge in [0.2, 0.25) is 11.8 Å². The molecule has 0 spiro atoms. The molecule has 3 rings (SSSR count). The van der Waals surface area contributed by atoms with Crippen LogP contribution in [0.2, 0.25) is 0 Å². The van der Waals surface area contributed by atoms with Gasteiger partial charge < -0.3 is 21.7 Å². The predicted molar refractivity (Wildman–Crippen MR) is 121 cm³/mol. The largest absolute Gasteiger partial charge is 0.384 e. The Morgan fingerprint density at radius 2 is 2.13 bits per heavy atom. The maximum absolute atomic E-state index is 12.6. The van der Waals surface area contributed by atoms with Gasteiger partial charge in [0.05, 0.1) is 6.04 Å². The Morgan fingerprint density at radius 3 is 2.87 bits per heavy atom. The average molecular weight is 474 g/mol. The van der Waals surface area contributed by atoms with Gasteiger partial charge in [-0.05, 0) is 68.5 Å². The van der Waals surface area contributed by atoms with E-state index in [0.29, 0.717) is 18.3 Å². The van der Waals surface area contributed by atoms with Crippen molar-refractivity contribution in [1.29, 1.82) is 0 Å². The van der Waals surface area contributed by atoms with Crippen LogP contribution in [0.3, 0.4) is 0 Å². The molecule has 0 saturated carbocycles. The van der Waals surface area contributed by atoms with Crippen molar-refractivity contribution < 1.29 is 9.59 Å². The molecule has 160 valence electrons. The lowest BCUT2D eigenvalue weighted by atomic mass is 9.96. The normalized spacial score (nSPS) is 19.3. The van der Waals surface area contributed by atoms with Gasteiger partial charge in [0, 0.05) is 16.7 Å². The lowest BCUT2D eigenvalue weighted by Gasteiger charge is -2.17. The highest BCUT2D eigenvalue weighted by Crippen LogP contribution is 2.21. The maximum Gasteiger partial charge on any atom is 0.242 e. The van der Waals surface area contributed by atoms with E-state index in [1.807, 2.05) is 25.1 Å². The van der Waals surface area contributed by atoms with Gasteiger partial charge >= 0.3 is 0 Å². The summed E-state index contributed by atoms with van der Waals surface area (Å²) in [5.74, 6) is 0.466. The first-order chi connectivity index (χ1) is 14.3. The number of nitrogens with two attached hydrogens (primary N) is 1. The number of aromatic nitrogens is 1. The molecule has 1 aliphatic heterocycles. The maximum atomic E-state index is 12.6. The summed E-state index contributed by atoms with van der Waals surface area (Å²) in [5, 5.41) is 8.94. The third-order valence-corrected chi connectivity index (χ3v) is 5.87. The summed E-state index contributed by atoms with van der Waals surface area (Å²) in [6.07, 6.45) is 1.67. The topological polar surface area (TPSA) is 109 Å². The number of benzene rings is 1. The number of nitrogens with one attached hydrogen (secondary N) is 3. The number of rotatable bonds is 7. The second-order valence-electron chi connectivity index (χ2n) is 7.83. The smallest absolute Gasteiger partial charge is 0.242 e. The number of carbonyl (C=O) groups is 2. The Labute approximate surface area is 185 Å². The molecule has 2 amide bonds. The van der Waals surface area contributed by atoms with E-state index in [1.165, 1.54) is 5.56 Å². The fourth-order valence-electron chi connectivity index (χ4n) is 3.67. The number of carbonyl (C=O) groups excluding carboxylic acids is 2. The van der Waals surface area contributed by atoms with E-state index < -0.39 is 6.04 Å². The number of pyridine rings is 1. The summed E-state index contributed by atoms with van der Waals surface area (Å²) >= 11 is 3.50. The van der Waals surface area contributed by atoms with Crippen molar-refractivity contribution in [2.24, 2.45) is 5.92 Å². The van der Waals surface area contributed by atoms with Gasteiger partial charge in [-0.2, -0.15) is 0 Å². The number of nitrogen functional groups attached to an aromatic ring is 1. The van der Waals surface area contributed by atoms with Crippen LogP contribution in [-0.4, -0.2) is 35.4 Å². The molecule has 1 saturated heterocycles. The van der Waals surface area contributed by atoms with Crippen LogP contribution in [0.15, 0.2) is 40.9 Å². The molecule has 2 aromatic rings. The van der Waals surface area contributed by atoms with Crippen LogP contribution >= 0.6 is 15.9 Å². The molecule has 5 N–H and O–H groups in total. The summed E-state index contributed by atoms with van der Waals surface area (Å²) in [4.78, 5) is 29.2. The number of aryl methyl sites for hydroxylation is 1. The second-order valence-corrected chi connectivity index (χ2v) is 8.74. The summed E-state index contributed by atoms with van der Waals surface area (Å²) in [7, 11) is 0. The Morgan fingerprint density at radius 1 is 1.33 bits per heavy atom. The molecule has 0 aliphatic carbocycles. The molecule has 2 heterocycles. The summed E-state index contributed by atoms with van der Waals surface area (Å²) in [6.45, 7) is 4.66. The minimum absolute atomic E-state index is 0.139. The van der Waals surface area contributed by atoms with E-state index in [1.54, 1.807) is 13.0 Å². The van der Waals surface area contributed by atoms with E-state index in [0.717, 1.165) is 35.1 Å². The zero-order valence-electron chi connectivity index (χ0n) is 17.2. The summed E-state index contributed by atoms with van der Waals surface area (Å²) in [5.41, 5.74) is 8.57. The van der Waals surface area contributed by atoms with Crippen LogP contribution in [0.25, 0.3) is 0 Å². The molecule has 1 aliphatic rings. The van der Waals surface area contributed by atoms with Crippen molar-refractivity contribution in [2.75, 3.05) is 12.3 Å². The quantitative estimate of drug-likeness (QED) is 0.492. The van der Waals surface area contributed by atoms with E-state index in [-0.39, 0.29) is 17.9 Å². The lowest BCUT2D eigenvalue weighted by molar-refractivity contribution is -0.129. The minimum atomic E-state index is -0.620. The first-order valence-corrected chi connectivity index (χ1v) is 10.9. The van der Waals surface area contributed by atoms with Gasteiger partial charge in [-0.25, -0.2) is 4.98 Å². The van der Waals surface area contributed by atoms with E-state index in [2.05, 4.69) is 49.0 Å². The van der Waals surface area contributed by atoms with Gasteiger partial charge in [0.25, 0.3) is 0 Å². The number of hydrogen-bond acceptors (Lipinski definition) is 5. The van der Waals surface area contributed by atoms with Crippen LogP contribution < -0.4 is 21.7 Å². The average Bonchev–Trinajstić information content (AvgIpc) is 3.15. The van der Waals surface area contributed by atoms with Crippen molar-refractivity contribution in [2.45, 2.75) is 45.3 Å². The highest BCUT2D eigenvalue weighted by Gasteiger charge is 2.30. The Bertz CT molecular complexity index is 920. The Kier molecular flexibility index (Phi) is 7.44. The molecule has 0 radical (unpaired) electrons. The number of amides is 2. The third-order valence-electron chi connectivity index (χ3n) is 5.37. The van der Waals surface area contributed by atoms with Crippen LogP contribution in [-0.2, 0) is 22.6 Å². The SMILES string of the molecule is Cc1nc(N)ccc1CNC(=O)[C@H](C)NC(=O)[C@H]1C[C@H](Cc2cccc(Br)c2)CN1. The third kappa shape index (κ3) is 6.03. The van der Waals surface area contributed by atoms with Crippen LogP contribution in [0, 0.1) is 12.8 Å². The molecule has 1 aromatic heterocycles. The highest BCUT2D eigenvalue weighted by molar-refractivity contribution is 9.10. The number of hydrogen-bond donors (Lipinski definition) is 4. The van der Waals surface area contributed by atoms with Crippen LogP contribution in [0.4, 0.5) is 5.82 Å². The summed E-state index contributed by atoms with van der Waals surface area (Å²) in [6, 6.07) is 10.9. The number of halogens is 1. The summed E-state index contributed by atoms with van der Waals surface area (Å²) < 4.78 is 1.06. The number of anilines is 1. The van der Waals surface area contributed by atoms with Crippen molar-refractivity contribution in [1.82, 2.24) is 20.9 Å². The fraction of sp³-hybridized carbons (Fsp3) is 0.409. The molecule has 0 unspecified atom stereocenters. The van der Waals surface area contributed by atoms with Crippen molar-refractivity contribution in [3.8, 4) is 0 Å². The minimum Gasteiger partial charge on any atom is -0.384 e. The molecule has 3 atom stereocenters. The van der Waals surface area contributed by atoms with Crippen molar-refractivity contribution in [3.05, 3.63) is 57.7 Å².